The van der Waals surface area contributed by atoms with E-state index in [1.807, 2.05) is 11.9 Å². The van der Waals surface area contributed by atoms with Gasteiger partial charge in [-0.1, -0.05) is 6.92 Å². The van der Waals surface area contributed by atoms with Gasteiger partial charge in [-0.2, -0.15) is 0 Å². The lowest BCUT2D eigenvalue weighted by molar-refractivity contribution is 0.344. The Bertz CT molecular complexity index is 214. The van der Waals surface area contributed by atoms with Crippen LogP contribution in [0.25, 0.3) is 0 Å². The molecule has 5 heteroatoms. The van der Waals surface area contributed by atoms with Crippen LogP contribution in [0.1, 0.15) is 13.3 Å². The highest BCUT2D eigenvalue weighted by Crippen LogP contribution is 1.94. The fourth-order valence-corrected chi connectivity index (χ4v) is 1.89. The summed E-state index contributed by atoms with van der Waals surface area (Å²) in [7, 11) is -0.838. The summed E-state index contributed by atoms with van der Waals surface area (Å²) in [6.45, 7) is 3.93. The number of nitrogens with two attached hydrogens (primary N) is 1. The van der Waals surface area contributed by atoms with Gasteiger partial charge in [-0.05, 0) is 20.0 Å². The van der Waals surface area contributed by atoms with E-state index in [9.17, 15) is 8.42 Å². The van der Waals surface area contributed by atoms with Gasteiger partial charge in [0, 0.05) is 18.8 Å². The SMILES string of the molecule is CCS(=O)(=O)CCCN(C)CCN. The van der Waals surface area contributed by atoms with Gasteiger partial charge in [-0.15, -0.1) is 0 Å². The van der Waals surface area contributed by atoms with E-state index in [4.69, 9.17) is 5.73 Å². The van der Waals surface area contributed by atoms with Crippen molar-refractivity contribution in [1.29, 1.82) is 0 Å². The summed E-state index contributed by atoms with van der Waals surface area (Å²) in [5.74, 6) is 0.534. The third-order valence-electron chi connectivity index (χ3n) is 1.95. The first-order chi connectivity index (χ1) is 6.02. The van der Waals surface area contributed by atoms with E-state index >= 15 is 0 Å². The van der Waals surface area contributed by atoms with Crippen LogP contribution in [-0.2, 0) is 9.84 Å². The Morgan fingerprint density at radius 2 is 1.92 bits per heavy atom. The van der Waals surface area contributed by atoms with Gasteiger partial charge >= 0.3 is 0 Å². The van der Waals surface area contributed by atoms with Gasteiger partial charge in [-0.3, -0.25) is 0 Å². The van der Waals surface area contributed by atoms with Crippen LogP contribution in [-0.4, -0.2) is 51.5 Å². The molecule has 80 valence electrons. The molecule has 0 saturated carbocycles. The number of hydrogen-bond donors (Lipinski definition) is 1. The summed E-state index contributed by atoms with van der Waals surface area (Å²) in [6, 6.07) is 0. The zero-order valence-electron chi connectivity index (χ0n) is 8.49. The Kier molecular flexibility index (Phi) is 6.28. The Balaban J connectivity index is 3.56. The Morgan fingerprint density at radius 1 is 1.31 bits per heavy atom. The van der Waals surface area contributed by atoms with E-state index < -0.39 is 9.84 Å². The zero-order chi connectivity index (χ0) is 10.3. The van der Waals surface area contributed by atoms with Gasteiger partial charge < -0.3 is 10.6 Å². The lowest BCUT2D eigenvalue weighted by Crippen LogP contribution is -2.27. The third-order valence-corrected chi connectivity index (χ3v) is 3.74. The van der Waals surface area contributed by atoms with Crippen LogP contribution in [0.3, 0.4) is 0 Å². The van der Waals surface area contributed by atoms with Gasteiger partial charge in [0.2, 0.25) is 0 Å². The lowest BCUT2D eigenvalue weighted by Gasteiger charge is -2.14. The minimum absolute atomic E-state index is 0.244. The predicted octanol–water partition coefficient (Wildman–Crippen LogP) is -0.298. The van der Waals surface area contributed by atoms with Crippen LogP contribution >= 0.6 is 0 Å². The molecule has 0 aromatic carbocycles. The van der Waals surface area contributed by atoms with Crippen molar-refractivity contribution in [1.82, 2.24) is 4.90 Å². The van der Waals surface area contributed by atoms with E-state index in [-0.39, 0.29) is 5.75 Å². The molecule has 0 radical (unpaired) electrons. The van der Waals surface area contributed by atoms with Crippen LogP contribution in [0, 0.1) is 0 Å². The molecule has 0 unspecified atom stereocenters. The molecule has 0 bridgehead atoms. The van der Waals surface area contributed by atoms with Crippen molar-refractivity contribution >= 4 is 9.84 Å². The summed E-state index contributed by atoms with van der Waals surface area (Å²) in [4.78, 5) is 2.05. The number of sulfone groups is 1. The molecule has 2 N–H and O–H groups in total. The molecule has 0 aliphatic heterocycles. The van der Waals surface area contributed by atoms with E-state index in [1.165, 1.54) is 0 Å². The molecule has 0 fully saturated rings. The van der Waals surface area contributed by atoms with Gasteiger partial charge in [0.05, 0.1) is 5.75 Å². The van der Waals surface area contributed by atoms with E-state index in [2.05, 4.69) is 0 Å². The molecule has 0 rings (SSSR count). The third kappa shape index (κ3) is 6.98. The van der Waals surface area contributed by atoms with E-state index in [0.29, 0.717) is 18.7 Å². The quantitative estimate of drug-likeness (QED) is 0.624. The minimum Gasteiger partial charge on any atom is -0.329 e. The molecule has 0 aromatic heterocycles. The van der Waals surface area contributed by atoms with E-state index in [1.54, 1.807) is 6.92 Å². The van der Waals surface area contributed by atoms with Crippen LogP contribution in [0.2, 0.25) is 0 Å². The highest BCUT2D eigenvalue weighted by molar-refractivity contribution is 7.91. The van der Waals surface area contributed by atoms with Crippen molar-refractivity contribution in [3.63, 3.8) is 0 Å². The highest BCUT2D eigenvalue weighted by atomic mass is 32.2. The van der Waals surface area contributed by atoms with Gasteiger partial charge in [0.1, 0.15) is 9.84 Å². The number of nitrogens with zero attached hydrogens (tertiary/aromatic N) is 1. The highest BCUT2D eigenvalue weighted by Gasteiger charge is 2.07. The average Bonchev–Trinajstić information content (AvgIpc) is 2.05. The van der Waals surface area contributed by atoms with Gasteiger partial charge in [0.15, 0.2) is 0 Å². The molecule has 13 heavy (non-hydrogen) atoms. The first-order valence-corrected chi connectivity index (χ1v) is 6.43. The standard InChI is InChI=1S/C8H20N2O2S/c1-3-13(11,12)8-4-6-10(2)7-5-9/h3-9H2,1-2H3. The maximum Gasteiger partial charge on any atom is 0.150 e. The maximum absolute atomic E-state index is 11.1. The predicted molar refractivity (Wildman–Crippen MR) is 55.5 cm³/mol. The van der Waals surface area contributed by atoms with Gasteiger partial charge in [-0.25, -0.2) is 8.42 Å². The van der Waals surface area contributed by atoms with Crippen molar-refractivity contribution in [2.75, 3.05) is 38.2 Å². The summed E-state index contributed by atoms with van der Waals surface area (Å²) >= 11 is 0. The zero-order valence-corrected chi connectivity index (χ0v) is 9.31. The Morgan fingerprint density at radius 3 is 2.38 bits per heavy atom. The van der Waals surface area contributed by atoms with Crippen molar-refractivity contribution < 1.29 is 8.42 Å². The van der Waals surface area contributed by atoms with Crippen molar-refractivity contribution in [3.8, 4) is 0 Å². The van der Waals surface area contributed by atoms with Crippen LogP contribution in [0.5, 0.6) is 0 Å². The second-order valence-electron chi connectivity index (χ2n) is 3.18. The number of likely N-dealkylation sites (N-methyl/N-ethyl adjacent to an activating group) is 1. The van der Waals surface area contributed by atoms with Gasteiger partial charge in [0.25, 0.3) is 0 Å². The summed E-state index contributed by atoms with van der Waals surface area (Å²) < 4.78 is 22.2. The summed E-state index contributed by atoms with van der Waals surface area (Å²) in [6.07, 6.45) is 0.701. The Labute approximate surface area is 81.0 Å². The van der Waals surface area contributed by atoms with Crippen LogP contribution in [0.15, 0.2) is 0 Å². The molecule has 0 heterocycles. The lowest BCUT2D eigenvalue weighted by atomic mass is 10.4. The average molecular weight is 208 g/mol. The van der Waals surface area contributed by atoms with Crippen LogP contribution < -0.4 is 5.73 Å². The maximum atomic E-state index is 11.1. The van der Waals surface area contributed by atoms with Crippen LogP contribution in [0.4, 0.5) is 0 Å². The second kappa shape index (κ2) is 6.34. The normalized spacial score (nSPS) is 12.3. The monoisotopic (exact) mass is 208 g/mol. The summed E-state index contributed by atoms with van der Waals surface area (Å²) in [5.41, 5.74) is 5.35. The molecule has 0 aliphatic rings. The molecular weight excluding hydrogens is 188 g/mol. The molecule has 4 nitrogen and oxygen atoms in total. The molecular formula is C8H20N2O2S. The molecule has 0 atom stereocenters. The fourth-order valence-electron chi connectivity index (χ4n) is 1.03. The number of rotatable bonds is 7. The molecule has 0 aromatic rings. The molecule has 0 saturated heterocycles. The largest absolute Gasteiger partial charge is 0.329 e. The van der Waals surface area contributed by atoms with Crippen molar-refractivity contribution in [2.24, 2.45) is 5.73 Å². The van der Waals surface area contributed by atoms with E-state index in [0.717, 1.165) is 13.1 Å². The Hall–Kier alpha value is -0.130. The second-order valence-corrected chi connectivity index (χ2v) is 5.65. The minimum atomic E-state index is -2.79. The van der Waals surface area contributed by atoms with Crippen molar-refractivity contribution in [2.45, 2.75) is 13.3 Å². The first kappa shape index (κ1) is 12.9. The molecule has 0 spiro atoms. The molecule has 0 amide bonds. The smallest absolute Gasteiger partial charge is 0.150 e. The topological polar surface area (TPSA) is 63.4 Å². The fraction of sp³-hybridized carbons (Fsp3) is 1.00. The van der Waals surface area contributed by atoms with Crippen molar-refractivity contribution in [3.05, 3.63) is 0 Å². The summed E-state index contributed by atoms with van der Waals surface area (Å²) in [5, 5.41) is 0. The number of hydrogen-bond acceptors (Lipinski definition) is 4. The molecule has 0 aliphatic carbocycles. The first-order valence-electron chi connectivity index (χ1n) is 4.61.